The van der Waals surface area contributed by atoms with E-state index in [4.69, 9.17) is 0 Å². The quantitative estimate of drug-likeness (QED) is 0.324. The maximum Gasteiger partial charge on any atom is 0.191 e. The van der Waals surface area contributed by atoms with Crippen LogP contribution in [0.4, 0.5) is 0 Å². The van der Waals surface area contributed by atoms with Crippen LogP contribution < -0.4 is 10.6 Å². The summed E-state index contributed by atoms with van der Waals surface area (Å²) in [5.41, 5.74) is 0. The van der Waals surface area contributed by atoms with Gasteiger partial charge in [-0.3, -0.25) is 9.89 Å². The van der Waals surface area contributed by atoms with E-state index in [1.165, 1.54) is 24.0 Å². The molecule has 2 heterocycles. The van der Waals surface area contributed by atoms with Crippen LogP contribution in [-0.4, -0.2) is 64.5 Å². The van der Waals surface area contributed by atoms with Crippen molar-refractivity contribution in [1.29, 1.82) is 0 Å². The first-order valence-corrected chi connectivity index (χ1v) is 12.1. The molecular formula is C18H33IN4O2S2. The molecule has 0 radical (unpaired) electrons. The second-order valence-corrected chi connectivity index (χ2v) is 10.5. The highest BCUT2D eigenvalue weighted by molar-refractivity contribution is 14.0. The summed E-state index contributed by atoms with van der Waals surface area (Å²) in [6.45, 7) is 3.97. The van der Waals surface area contributed by atoms with Crippen molar-refractivity contribution in [3.8, 4) is 0 Å². The van der Waals surface area contributed by atoms with Crippen molar-refractivity contribution in [2.24, 2.45) is 10.9 Å². The lowest BCUT2D eigenvalue weighted by molar-refractivity contribution is 0.125. The van der Waals surface area contributed by atoms with Gasteiger partial charge in [-0.25, -0.2) is 8.42 Å². The van der Waals surface area contributed by atoms with Gasteiger partial charge in [0.2, 0.25) is 0 Å². The zero-order valence-corrected chi connectivity index (χ0v) is 20.6. The Bertz CT molecular complexity index is 680. The molecule has 1 saturated heterocycles. The molecule has 9 heteroatoms. The Morgan fingerprint density at radius 1 is 1.48 bits per heavy atom. The summed E-state index contributed by atoms with van der Waals surface area (Å²) < 4.78 is 22.7. The topological polar surface area (TPSA) is 73.8 Å². The van der Waals surface area contributed by atoms with Crippen molar-refractivity contribution in [3.05, 3.63) is 22.4 Å². The zero-order chi connectivity index (χ0) is 19.2. The van der Waals surface area contributed by atoms with E-state index >= 15 is 0 Å². The molecule has 2 N–H and O–H groups in total. The number of piperidine rings is 1. The number of hydrogen-bond acceptors (Lipinski definition) is 5. The molecule has 1 aliphatic heterocycles. The number of rotatable bonds is 7. The summed E-state index contributed by atoms with van der Waals surface area (Å²) in [6.07, 6.45) is 4.25. The van der Waals surface area contributed by atoms with Gasteiger partial charge in [-0.1, -0.05) is 6.07 Å². The third-order valence-corrected chi connectivity index (χ3v) is 6.82. The average molecular weight is 529 g/mol. The van der Waals surface area contributed by atoms with Crippen LogP contribution >= 0.6 is 35.3 Å². The van der Waals surface area contributed by atoms with Crippen LogP contribution in [0.3, 0.4) is 0 Å². The van der Waals surface area contributed by atoms with E-state index in [1.54, 1.807) is 7.05 Å². The van der Waals surface area contributed by atoms with Gasteiger partial charge in [-0.05, 0) is 57.1 Å². The molecule has 0 amide bonds. The Balaban J connectivity index is 0.00000364. The van der Waals surface area contributed by atoms with Crippen LogP contribution in [-0.2, 0) is 9.84 Å². The van der Waals surface area contributed by atoms with Crippen LogP contribution in [0.25, 0.3) is 0 Å². The fraction of sp³-hybridized carbons (Fsp3) is 0.722. The number of aliphatic imine (C=N–C) groups is 1. The van der Waals surface area contributed by atoms with E-state index in [0.717, 1.165) is 19.0 Å². The van der Waals surface area contributed by atoms with E-state index < -0.39 is 9.84 Å². The molecule has 27 heavy (non-hydrogen) atoms. The lowest BCUT2D eigenvalue weighted by Gasteiger charge is -2.39. The van der Waals surface area contributed by atoms with E-state index in [1.807, 2.05) is 18.3 Å². The number of guanidine groups is 1. The molecule has 0 bridgehead atoms. The SMILES string of the molecule is CN=C(NCC1CCCN(C)C1c1cccs1)NC(C)CCS(C)(=O)=O.I. The highest BCUT2D eigenvalue weighted by atomic mass is 127. The standard InChI is InChI=1S/C18H32N4O2S2.HI/c1-14(9-12-26(4,23)24)21-18(19-2)20-13-15-7-5-10-22(3)17(15)16-8-6-11-25-16;/h6,8,11,14-15,17H,5,7,9-10,12-13H2,1-4H3,(H2,19,20,21);1H. The molecule has 1 fully saturated rings. The van der Waals surface area contributed by atoms with Crippen molar-refractivity contribution in [3.63, 3.8) is 0 Å². The largest absolute Gasteiger partial charge is 0.356 e. The molecule has 0 aromatic carbocycles. The van der Waals surface area contributed by atoms with Gasteiger partial charge in [0.05, 0.1) is 5.75 Å². The van der Waals surface area contributed by atoms with Gasteiger partial charge >= 0.3 is 0 Å². The zero-order valence-electron chi connectivity index (χ0n) is 16.6. The summed E-state index contributed by atoms with van der Waals surface area (Å²) in [7, 11) is 1.02. The fourth-order valence-corrected chi connectivity index (χ4v) is 5.27. The minimum Gasteiger partial charge on any atom is -0.356 e. The second-order valence-electron chi connectivity index (χ2n) is 7.26. The normalized spacial score (nSPS) is 22.7. The van der Waals surface area contributed by atoms with Crippen LogP contribution in [0.5, 0.6) is 0 Å². The number of thiophene rings is 1. The third-order valence-electron chi connectivity index (χ3n) is 4.90. The first-order chi connectivity index (χ1) is 12.3. The molecule has 1 aliphatic rings. The highest BCUT2D eigenvalue weighted by Crippen LogP contribution is 2.36. The number of nitrogens with zero attached hydrogens (tertiary/aromatic N) is 2. The Morgan fingerprint density at radius 2 is 2.22 bits per heavy atom. The van der Waals surface area contributed by atoms with Crippen molar-refractivity contribution in [2.45, 2.75) is 38.3 Å². The number of sulfone groups is 1. The smallest absolute Gasteiger partial charge is 0.191 e. The lowest BCUT2D eigenvalue weighted by atomic mass is 9.88. The van der Waals surface area contributed by atoms with Crippen LogP contribution in [0.2, 0.25) is 0 Å². The van der Waals surface area contributed by atoms with Gasteiger partial charge in [-0.2, -0.15) is 0 Å². The molecular weight excluding hydrogens is 495 g/mol. The summed E-state index contributed by atoms with van der Waals surface area (Å²) in [6, 6.07) is 4.84. The molecule has 156 valence electrons. The monoisotopic (exact) mass is 528 g/mol. The molecule has 0 spiro atoms. The molecule has 3 atom stereocenters. The van der Waals surface area contributed by atoms with Crippen LogP contribution in [0, 0.1) is 5.92 Å². The van der Waals surface area contributed by atoms with Crippen molar-refractivity contribution in [1.82, 2.24) is 15.5 Å². The minimum atomic E-state index is -2.93. The Kier molecular flexibility index (Phi) is 10.6. The third kappa shape index (κ3) is 8.25. The van der Waals surface area contributed by atoms with E-state index in [-0.39, 0.29) is 35.8 Å². The molecule has 6 nitrogen and oxygen atoms in total. The predicted octanol–water partition coefficient (Wildman–Crippen LogP) is 2.74. The predicted molar refractivity (Wildman–Crippen MR) is 126 cm³/mol. The van der Waals surface area contributed by atoms with Gasteiger partial charge in [0.1, 0.15) is 9.84 Å². The number of likely N-dealkylation sites (tertiary alicyclic amines) is 1. The van der Waals surface area contributed by atoms with E-state index in [9.17, 15) is 8.42 Å². The highest BCUT2D eigenvalue weighted by Gasteiger charge is 2.31. The van der Waals surface area contributed by atoms with E-state index in [2.05, 4.69) is 45.1 Å². The number of hydrogen-bond donors (Lipinski definition) is 2. The average Bonchev–Trinajstić information content (AvgIpc) is 3.10. The van der Waals surface area contributed by atoms with Crippen molar-refractivity contribution in [2.75, 3.05) is 39.2 Å². The van der Waals surface area contributed by atoms with Crippen LogP contribution in [0.1, 0.15) is 37.1 Å². The van der Waals surface area contributed by atoms with Gasteiger partial charge in [0.25, 0.3) is 0 Å². The summed E-state index contributed by atoms with van der Waals surface area (Å²) in [5, 5.41) is 8.90. The lowest BCUT2D eigenvalue weighted by Crippen LogP contribution is -2.47. The first kappa shape index (κ1) is 24.6. The molecule has 1 aromatic rings. The van der Waals surface area contributed by atoms with Gasteiger partial charge in [0, 0.05) is 36.8 Å². The molecule has 0 aliphatic carbocycles. The Labute approximate surface area is 185 Å². The van der Waals surface area contributed by atoms with E-state index in [0.29, 0.717) is 18.4 Å². The summed E-state index contributed by atoms with van der Waals surface area (Å²) >= 11 is 1.82. The number of halogens is 1. The molecule has 1 aromatic heterocycles. The number of nitrogens with one attached hydrogen (secondary N) is 2. The minimum absolute atomic E-state index is 0. The summed E-state index contributed by atoms with van der Waals surface area (Å²) in [4.78, 5) is 8.17. The maximum atomic E-state index is 11.3. The first-order valence-electron chi connectivity index (χ1n) is 9.18. The Hall–Kier alpha value is -0.390. The van der Waals surface area contributed by atoms with Crippen molar-refractivity contribution < 1.29 is 8.42 Å². The van der Waals surface area contributed by atoms with Gasteiger partial charge < -0.3 is 10.6 Å². The Morgan fingerprint density at radius 3 is 2.81 bits per heavy atom. The fourth-order valence-electron chi connectivity index (χ4n) is 3.50. The summed E-state index contributed by atoms with van der Waals surface area (Å²) in [5.74, 6) is 1.45. The molecule has 2 rings (SSSR count). The van der Waals surface area contributed by atoms with Gasteiger partial charge in [-0.15, -0.1) is 35.3 Å². The maximum absolute atomic E-state index is 11.3. The second kappa shape index (κ2) is 11.6. The molecule has 0 saturated carbocycles. The molecule has 3 unspecified atom stereocenters. The van der Waals surface area contributed by atoms with Crippen LogP contribution in [0.15, 0.2) is 22.5 Å². The van der Waals surface area contributed by atoms with Gasteiger partial charge in [0.15, 0.2) is 5.96 Å². The van der Waals surface area contributed by atoms with Crippen molar-refractivity contribution >= 4 is 51.1 Å².